The number of rotatable bonds is 5. The van der Waals surface area contributed by atoms with Gasteiger partial charge in [-0.3, -0.25) is 4.79 Å². The van der Waals surface area contributed by atoms with Crippen molar-refractivity contribution < 1.29 is 22.4 Å². The Kier molecular flexibility index (Phi) is 6.49. The first-order valence-electron chi connectivity index (χ1n) is 8.86. The van der Waals surface area contributed by atoms with E-state index in [1.54, 1.807) is 29.2 Å². The van der Waals surface area contributed by atoms with Crippen molar-refractivity contribution >= 4 is 23.4 Å². The highest BCUT2D eigenvalue weighted by atomic mass is 32.2. The minimum atomic E-state index is -4.37. The first-order chi connectivity index (χ1) is 13.3. The standard InChI is InChI=1S/C20H20F4N2OS/c21-18-7-2-1-4-15(18)13-28-14-19(27)26-10-8-25(9-11-26)17-6-3-5-16(12-17)20(22,23)24/h1-7,12H,8-11,13-14H2. The van der Waals surface area contributed by atoms with Crippen LogP contribution in [0.2, 0.25) is 0 Å². The molecule has 0 unspecified atom stereocenters. The maximum Gasteiger partial charge on any atom is 0.416 e. The minimum Gasteiger partial charge on any atom is -0.368 e. The third kappa shape index (κ3) is 5.19. The van der Waals surface area contributed by atoms with Gasteiger partial charge >= 0.3 is 6.18 Å². The van der Waals surface area contributed by atoms with E-state index >= 15 is 0 Å². The second-order valence-corrected chi connectivity index (χ2v) is 7.49. The molecule has 150 valence electrons. The lowest BCUT2D eigenvalue weighted by molar-refractivity contribution is -0.137. The van der Waals surface area contributed by atoms with Gasteiger partial charge < -0.3 is 9.80 Å². The predicted molar refractivity (Wildman–Crippen MR) is 103 cm³/mol. The average molecular weight is 412 g/mol. The number of benzene rings is 2. The highest BCUT2D eigenvalue weighted by molar-refractivity contribution is 7.99. The van der Waals surface area contributed by atoms with Gasteiger partial charge in [0.2, 0.25) is 5.91 Å². The van der Waals surface area contributed by atoms with E-state index in [0.29, 0.717) is 43.2 Å². The van der Waals surface area contributed by atoms with E-state index in [2.05, 4.69) is 0 Å². The number of hydrogen-bond donors (Lipinski definition) is 0. The number of thioether (sulfide) groups is 1. The summed E-state index contributed by atoms with van der Waals surface area (Å²) >= 11 is 1.35. The smallest absolute Gasteiger partial charge is 0.368 e. The number of carbonyl (C=O) groups is 1. The molecule has 0 radical (unpaired) electrons. The van der Waals surface area contributed by atoms with Crippen molar-refractivity contribution in [2.45, 2.75) is 11.9 Å². The van der Waals surface area contributed by atoms with Crippen LogP contribution in [0.25, 0.3) is 0 Å². The van der Waals surface area contributed by atoms with E-state index < -0.39 is 11.7 Å². The molecule has 0 aromatic heterocycles. The highest BCUT2D eigenvalue weighted by Gasteiger charge is 2.31. The number of hydrogen-bond acceptors (Lipinski definition) is 3. The van der Waals surface area contributed by atoms with E-state index in [4.69, 9.17) is 0 Å². The number of nitrogens with zero attached hydrogens (tertiary/aromatic N) is 2. The molecule has 0 saturated carbocycles. The SMILES string of the molecule is O=C(CSCc1ccccc1F)N1CCN(c2cccc(C(F)(F)F)c2)CC1. The van der Waals surface area contributed by atoms with Crippen LogP contribution in [0.5, 0.6) is 0 Å². The van der Waals surface area contributed by atoms with Gasteiger partial charge in [-0.1, -0.05) is 24.3 Å². The Hall–Kier alpha value is -2.22. The molecule has 0 N–H and O–H groups in total. The average Bonchev–Trinajstić information content (AvgIpc) is 2.69. The summed E-state index contributed by atoms with van der Waals surface area (Å²) in [5, 5.41) is 0. The van der Waals surface area contributed by atoms with Gasteiger partial charge in [-0.15, -0.1) is 11.8 Å². The largest absolute Gasteiger partial charge is 0.416 e. The molecule has 3 rings (SSSR count). The zero-order chi connectivity index (χ0) is 20.1. The van der Waals surface area contributed by atoms with Gasteiger partial charge in [0, 0.05) is 37.6 Å². The molecule has 2 aromatic rings. The van der Waals surface area contributed by atoms with Gasteiger partial charge in [-0.2, -0.15) is 13.2 Å². The van der Waals surface area contributed by atoms with Crippen LogP contribution >= 0.6 is 11.8 Å². The van der Waals surface area contributed by atoms with E-state index in [9.17, 15) is 22.4 Å². The fourth-order valence-electron chi connectivity index (χ4n) is 3.05. The number of carbonyl (C=O) groups excluding carboxylic acids is 1. The first kappa shape index (κ1) is 20.5. The van der Waals surface area contributed by atoms with Crippen LogP contribution in [0.4, 0.5) is 23.2 Å². The topological polar surface area (TPSA) is 23.6 Å². The predicted octanol–water partition coefficient (Wildman–Crippen LogP) is 4.43. The van der Waals surface area contributed by atoms with E-state index in [0.717, 1.165) is 12.1 Å². The Bertz CT molecular complexity index is 820. The van der Waals surface area contributed by atoms with Crippen molar-refractivity contribution in [2.24, 2.45) is 0 Å². The van der Waals surface area contributed by atoms with Gasteiger partial charge in [0.25, 0.3) is 0 Å². The minimum absolute atomic E-state index is 0.0370. The second kappa shape index (κ2) is 8.86. The quantitative estimate of drug-likeness (QED) is 0.679. The molecule has 0 bridgehead atoms. The summed E-state index contributed by atoms with van der Waals surface area (Å²) in [6, 6.07) is 11.7. The summed E-state index contributed by atoms with van der Waals surface area (Å²) < 4.78 is 52.2. The summed E-state index contributed by atoms with van der Waals surface area (Å²) in [6.45, 7) is 1.86. The Morgan fingerprint density at radius 2 is 1.71 bits per heavy atom. The molecule has 1 saturated heterocycles. The number of amides is 1. The van der Waals surface area contributed by atoms with Gasteiger partial charge in [0.1, 0.15) is 5.82 Å². The van der Waals surface area contributed by atoms with Crippen LogP contribution in [0.3, 0.4) is 0 Å². The molecule has 0 aliphatic carbocycles. The van der Waals surface area contributed by atoms with Gasteiger partial charge in [0.05, 0.1) is 11.3 Å². The van der Waals surface area contributed by atoms with Crippen molar-refractivity contribution in [1.82, 2.24) is 4.90 Å². The molecular weight excluding hydrogens is 392 g/mol. The molecule has 1 aliphatic heterocycles. The number of halogens is 4. The first-order valence-corrected chi connectivity index (χ1v) is 10.0. The lowest BCUT2D eigenvalue weighted by Crippen LogP contribution is -2.49. The summed E-state index contributed by atoms with van der Waals surface area (Å²) in [5.41, 5.74) is 0.401. The second-order valence-electron chi connectivity index (χ2n) is 6.50. The van der Waals surface area contributed by atoms with Crippen molar-refractivity contribution in [2.75, 3.05) is 36.8 Å². The van der Waals surface area contributed by atoms with Crippen LogP contribution in [0.1, 0.15) is 11.1 Å². The molecular formula is C20H20F4N2OS. The highest BCUT2D eigenvalue weighted by Crippen LogP contribution is 2.31. The van der Waals surface area contributed by atoms with Crippen LogP contribution in [0, 0.1) is 5.82 Å². The molecule has 3 nitrogen and oxygen atoms in total. The van der Waals surface area contributed by atoms with Gasteiger partial charge in [0.15, 0.2) is 0 Å². The summed E-state index contributed by atoms with van der Waals surface area (Å²) in [4.78, 5) is 15.9. The summed E-state index contributed by atoms with van der Waals surface area (Å²) in [6.07, 6.45) is -4.37. The van der Waals surface area contributed by atoms with E-state index in [1.165, 1.54) is 23.9 Å². The monoisotopic (exact) mass is 412 g/mol. The maximum atomic E-state index is 13.6. The lowest BCUT2D eigenvalue weighted by atomic mass is 10.1. The zero-order valence-corrected chi connectivity index (χ0v) is 15.9. The fraction of sp³-hybridized carbons (Fsp3) is 0.350. The molecule has 1 amide bonds. The normalized spacial score (nSPS) is 15.0. The summed E-state index contributed by atoms with van der Waals surface area (Å²) in [5.74, 6) is 0.350. The van der Waals surface area contributed by atoms with Gasteiger partial charge in [-0.05, 0) is 29.8 Å². The molecule has 0 spiro atoms. The van der Waals surface area contributed by atoms with Crippen LogP contribution in [0.15, 0.2) is 48.5 Å². The van der Waals surface area contributed by atoms with E-state index in [-0.39, 0.29) is 17.5 Å². The Labute approximate surface area is 165 Å². The van der Waals surface area contributed by atoms with Crippen molar-refractivity contribution in [3.05, 3.63) is 65.5 Å². The van der Waals surface area contributed by atoms with Crippen molar-refractivity contribution in [1.29, 1.82) is 0 Å². The van der Waals surface area contributed by atoms with Crippen molar-refractivity contribution in [3.8, 4) is 0 Å². The third-order valence-electron chi connectivity index (χ3n) is 4.61. The zero-order valence-electron chi connectivity index (χ0n) is 15.1. The Morgan fingerprint density at radius 1 is 1.00 bits per heavy atom. The molecule has 0 atom stereocenters. The molecule has 1 heterocycles. The number of alkyl halides is 3. The number of anilines is 1. The van der Waals surface area contributed by atoms with E-state index in [1.807, 2.05) is 4.90 Å². The van der Waals surface area contributed by atoms with Crippen LogP contribution < -0.4 is 4.90 Å². The number of piperazine rings is 1. The molecule has 8 heteroatoms. The molecule has 1 fully saturated rings. The van der Waals surface area contributed by atoms with Crippen LogP contribution in [-0.4, -0.2) is 42.7 Å². The summed E-state index contributed by atoms with van der Waals surface area (Å²) in [7, 11) is 0. The fourth-order valence-corrected chi connectivity index (χ4v) is 3.96. The molecule has 2 aromatic carbocycles. The molecule has 28 heavy (non-hydrogen) atoms. The van der Waals surface area contributed by atoms with Crippen molar-refractivity contribution in [3.63, 3.8) is 0 Å². The maximum absolute atomic E-state index is 13.6. The Balaban J connectivity index is 1.48. The third-order valence-corrected chi connectivity index (χ3v) is 5.58. The Morgan fingerprint density at radius 3 is 2.39 bits per heavy atom. The van der Waals surface area contributed by atoms with Crippen LogP contribution in [-0.2, 0) is 16.7 Å². The van der Waals surface area contributed by atoms with Gasteiger partial charge in [-0.25, -0.2) is 4.39 Å². The molecule has 1 aliphatic rings. The lowest BCUT2D eigenvalue weighted by Gasteiger charge is -2.36.